The first-order chi connectivity index (χ1) is 15.1. The number of hydrogen-bond acceptors (Lipinski definition) is 5. The third-order valence-electron chi connectivity index (χ3n) is 5.01. The zero-order valence-corrected chi connectivity index (χ0v) is 20.0. The quantitative estimate of drug-likeness (QED) is 0.335. The smallest absolute Gasteiger partial charge is 0.262 e. The van der Waals surface area contributed by atoms with Gasteiger partial charge in [-0.1, -0.05) is 41.2 Å². The highest BCUT2D eigenvalue weighted by Gasteiger charge is 2.13. The zero-order chi connectivity index (χ0) is 23.5. The van der Waals surface area contributed by atoms with E-state index >= 15 is 0 Å². The van der Waals surface area contributed by atoms with Crippen LogP contribution < -0.4 is 4.57 Å². The number of thiazole rings is 1. The predicted molar refractivity (Wildman–Crippen MR) is 129 cm³/mol. The fraction of sp³-hybridized carbons (Fsp3) is 0.160. The largest absolute Gasteiger partial charge is 0.744 e. The number of rotatable bonds is 3. The van der Waals surface area contributed by atoms with E-state index in [1.54, 1.807) is 23.5 Å². The van der Waals surface area contributed by atoms with Crippen LogP contribution in [-0.4, -0.2) is 18.1 Å². The Morgan fingerprint density at radius 1 is 0.938 bits per heavy atom. The lowest BCUT2D eigenvalue weighted by atomic mass is 10.1. The zero-order valence-electron chi connectivity index (χ0n) is 18.4. The molecule has 3 aromatic carbocycles. The molecule has 166 valence electrons. The van der Waals surface area contributed by atoms with Gasteiger partial charge in [0.2, 0.25) is 5.52 Å². The molecule has 0 aliphatic heterocycles. The maximum absolute atomic E-state index is 10.4. The Morgan fingerprint density at radius 3 is 2.09 bits per heavy atom. The number of phenols is 1. The van der Waals surface area contributed by atoms with Crippen molar-refractivity contribution in [2.24, 2.45) is 7.05 Å². The SMILES string of the molecule is Cc1cc(C=Cc2sc3ccccc3[n+]2C)cc(C)c1O.Cc1ccc(S(=O)(=O)[O-])cc1. The fourth-order valence-electron chi connectivity index (χ4n) is 3.22. The van der Waals surface area contributed by atoms with Crippen LogP contribution in [0.5, 0.6) is 5.75 Å². The van der Waals surface area contributed by atoms with Crippen LogP contribution in [0.15, 0.2) is 65.6 Å². The Bertz CT molecular complexity index is 1360. The van der Waals surface area contributed by atoms with E-state index < -0.39 is 10.1 Å². The van der Waals surface area contributed by atoms with Gasteiger partial charge in [0.1, 0.15) is 27.6 Å². The van der Waals surface area contributed by atoms with Crippen LogP contribution in [-0.2, 0) is 17.2 Å². The van der Waals surface area contributed by atoms with Crippen LogP contribution in [0, 0.1) is 20.8 Å². The van der Waals surface area contributed by atoms with Gasteiger partial charge < -0.3 is 9.66 Å². The highest BCUT2D eigenvalue weighted by Crippen LogP contribution is 2.25. The van der Waals surface area contributed by atoms with Crippen LogP contribution in [0.25, 0.3) is 22.4 Å². The molecule has 7 heteroatoms. The normalized spacial score (nSPS) is 11.5. The topological polar surface area (TPSA) is 81.3 Å². The third kappa shape index (κ3) is 5.62. The van der Waals surface area contributed by atoms with Crippen LogP contribution in [0.1, 0.15) is 27.3 Å². The van der Waals surface area contributed by atoms with Crippen molar-refractivity contribution < 1.29 is 22.6 Å². The van der Waals surface area contributed by atoms with E-state index in [2.05, 4.69) is 48.0 Å². The van der Waals surface area contributed by atoms with E-state index in [4.69, 9.17) is 0 Å². The molecule has 0 atom stereocenters. The van der Waals surface area contributed by atoms with Crippen LogP contribution in [0.4, 0.5) is 0 Å². The Labute approximate surface area is 192 Å². The summed E-state index contributed by atoms with van der Waals surface area (Å²) < 4.78 is 34.7. The summed E-state index contributed by atoms with van der Waals surface area (Å²) in [6, 6.07) is 18.2. The van der Waals surface area contributed by atoms with E-state index in [1.165, 1.54) is 27.4 Å². The average Bonchev–Trinajstić information content (AvgIpc) is 3.06. The Kier molecular flexibility index (Phi) is 7.13. The molecule has 0 aliphatic rings. The van der Waals surface area contributed by atoms with Gasteiger partial charge in [0.15, 0.2) is 0 Å². The molecule has 0 saturated carbocycles. The van der Waals surface area contributed by atoms with Crippen molar-refractivity contribution in [1.29, 1.82) is 0 Å². The van der Waals surface area contributed by atoms with Gasteiger partial charge in [0.25, 0.3) is 5.01 Å². The molecule has 4 rings (SSSR count). The number of phenolic OH excluding ortho intramolecular Hbond substituents is 1. The van der Waals surface area contributed by atoms with Crippen molar-refractivity contribution in [2.45, 2.75) is 25.7 Å². The van der Waals surface area contributed by atoms with Crippen molar-refractivity contribution in [2.75, 3.05) is 0 Å². The molecule has 0 saturated heterocycles. The van der Waals surface area contributed by atoms with Gasteiger partial charge in [-0.2, -0.15) is 4.57 Å². The molecule has 1 heterocycles. The minimum absolute atomic E-state index is 0.178. The molecule has 0 spiro atoms. The number of para-hydroxylation sites is 1. The van der Waals surface area contributed by atoms with Crippen molar-refractivity contribution in [1.82, 2.24) is 0 Å². The minimum Gasteiger partial charge on any atom is -0.744 e. The van der Waals surface area contributed by atoms with E-state index in [0.29, 0.717) is 5.75 Å². The van der Waals surface area contributed by atoms with Crippen molar-refractivity contribution in [3.05, 3.63) is 87.9 Å². The molecule has 32 heavy (non-hydrogen) atoms. The molecule has 0 amide bonds. The average molecular weight is 468 g/mol. The van der Waals surface area contributed by atoms with Crippen LogP contribution in [0.2, 0.25) is 0 Å². The van der Waals surface area contributed by atoms with Gasteiger partial charge >= 0.3 is 0 Å². The standard InChI is InChI=1S/C18H17NOS.C7H8O3S/c1-12-10-14(11-13(2)18(12)20)8-9-17-19(3)15-6-4-5-7-16(15)21-17;1-6-2-4-7(5-3-6)11(8,9)10/h4-11H,1-3H3;2-5H,1H3,(H,8,9,10). The Hall–Kier alpha value is -3.00. The second kappa shape index (κ2) is 9.65. The van der Waals surface area contributed by atoms with E-state index in [-0.39, 0.29) is 4.90 Å². The van der Waals surface area contributed by atoms with E-state index in [1.807, 2.05) is 32.9 Å². The summed E-state index contributed by atoms with van der Waals surface area (Å²) in [6.07, 6.45) is 4.24. The lowest BCUT2D eigenvalue weighted by Crippen LogP contribution is -2.28. The first-order valence-electron chi connectivity index (χ1n) is 9.94. The first-order valence-corrected chi connectivity index (χ1v) is 12.2. The second-order valence-corrected chi connectivity index (χ2v) is 10.0. The number of fused-ring (bicyclic) bond motifs is 1. The number of benzene rings is 3. The number of hydrogen-bond donors (Lipinski definition) is 1. The molecule has 5 nitrogen and oxygen atoms in total. The fourth-order valence-corrected chi connectivity index (χ4v) is 4.75. The van der Waals surface area contributed by atoms with Gasteiger partial charge in [-0.25, -0.2) is 8.42 Å². The van der Waals surface area contributed by atoms with Crippen LogP contribution in [0.3, 0.4) is 0 Å². The molecule has 1 aromatic heterocycles. The van der Waals surface area contributed by atoms with Gasteiger partial charge in [-0.05, 0) is 73.9 Å². The summed E-state index contributed by atoms with van der Waals surface area (Å²) in [4.78, 5) is -0.178. The number of aromatic nitrogens is 1. The van der Waals surface area contributed by atoms with Crippen molar-refractivity contribution in [3.63, 3.8) is 0 Å². The molecular formula is C25H25NO4S2. The molecular weight excluding hydrogens is 442 g/mol. The number of nitrogens with zero attached hydrogens (tertiary/aromatic N) is 1. The minimum atomic E-state index is -4.27. The Morgan fingerprint density at radius 2 is 1.53 bits per heavy atom. The molecule has 0 fully saturated rings. The van der Waals surface area contributed by atoms with E-state index in [9.17, 15) is 18.1 Å². The maximum Gasteiger partial charge on any atom is 0.262 e. The molecule has 0 unspecified atom stereocenters. The molecule has 0 aliphatic carbocycles. The number of aromatic hydroxyl groups is 1. The van der Waals surface area contributed by atoms with E-state index in [0.717, 1.165) is 22.3 Å². The van der Waals surface area contributed by atoms with Crippen molar-refractivity contribution >= 4 is 43.8 Å². The molecule has 0 radical (unpaired) electrons. The third-order valence-corrected chi connectivity index (χ3v) is 7.05. The van der Waals surface area contributed by atoms with Gasteiger partial charge in [0, 0.05) is 12.1 Å². The van der Waals surface area contributed by atoms with Crippen LogP contribution >= 0.6 is 11.3 Å². The highest BCUT2D eigenvalue weighted by atomic mass is 32.2. The molecule has 1 N–H and O–H groups in total. The van der Waals surface area contributed by atoms with Gasteiger partial charge in [-0.15, -0.1) is 0 Å². The first kappa shape index (κ1) is 23.7. The summed E-state index contributed by atoms with van der Waals surface area (Å²) >= 11 is 1.78. The van der Waals surface area contributed by atoms with Crippen molar-refractivity contribution in [3.8, 4) is 5.75 Å². The summed E-state index contributed by atoms with van der Waals surface area (Å²) in [5.74, 6) is 0.388. The lowest BCUT2D eigenvalue weighted by molar-refractivity contribution is -0.642. The summed E-state index contributed by atoms with van der Waals surface area (Å²) in [5, 5.41) is 11.0. The monoisotopic (exact) mass is 467 g/mol. The van der Waals surface area contributed by atoms with Gasteiger partial charge in [-0.3, -0.25) is 0 Å². The maximum atomic E-state index is 10.4. The van der Waals surface area contributed by atoms with Gasteiger partial charge in [0.05, 0.1) is 4.90 Å². The Balaban J connectivity index is 0.000000222. The lowest BCUT2D eigenvalue weighted by Gasteiger charge is -2.05. The highest BCUT2D eigenvalue weighted by molar-refractivity contribution is 7.85. The second-order valence-electron chi connectivity index (χ2n) is 7.57. The molecule has 0 bridgehead atoms. The number of aryl methyl sites for hydroxylation is 4. The summed E-state index contributed by atoms with van der Waals surface area (Å²) in [6.45, 7) is 5.68. The predicted octanol–water partition coefficient (Wildman–Crippen LogP) is 5.12. The summed E-state index contributed by atoms with van der Waals surface area (Å²) in [7, 11) is -2.18. The molecule has 4 aromatic rings. The summed E-state index contributed by atoms with van der Waals surface area (Å²) in [5.41, 5.74) is 5.11.